The zero-order valence-corrected chi connectivity index (χ0v) is 12.2. The van der Waals surface area contributed by atoms with E-state index in [1.807, 2.05) is 4.90 Å². The summed E-state index contributed by atoms with van der Waals surface area (Å²) in [7, 11) is 2.13. The highest BCUT2D eigenvalue weighted by Crippen LogP contribution is 2.39. The van der Waals surface area contributed by atoms with Gasteiger partial charge in [-0.1, -0.05) is 6.42 Å². The van der Waals surface area contributed by atoms with Gasteiger partial charge >= 0.3 is 0 Å². The van der Waals surface area contributed by atoms with Crippen LogP contribution >= 0.6 is 0 Å². The van der Waals surface area contributed by atoms with Crippen LogP contribution in [0.15, 0.2) is 0 Å². The van der Waals surface area contributed by atoms with Crippen molar-refractivity contribution < 1.29 is 4.79 Å². The van der Waals surface area contributed by atoms with Gasteiger partial charge in [0.1, 0.15) is 0 Å². The van der Waals surface area contributed by atoms with E-state index in [1.54, 1.807) is 0 Å². The van der Waals surface area contributed by atoms with Crippen molar-refractivity contribution >= 4 is 5.91 Å². The van der Waals surface area contributed by atoms with Gasteiger partial charge in [-0.15, -0.1) is 0 Å². The topological polar surface area (TPSA) is 49.6 Å². The van der Waals surface area contributed by atoms with Crippen LogP contribution in [0.1, 0.15) is 40.0 Å². The van der Waals surface area contributed by atoms with Gasteiger partial charge in [-0.3, -0.25) is 9.69 Å². The van der Waals surface area contributed by atoms with Crippen LogP contribution in [0.3, 0.4) is 0 Å². The Morgan fingerprint density at radius 2 is 1.94 bits per heavy atom. The molecule has 104 valence electrons. The standard InChI is InChI=1S/C14H27N3O/c1-13(2)10-17(9-8-16(13)4)12(18)14(3)7-5-6-11(14)15/h11H,5-10,15H2,1-4H3. The number of piperazine rings is 1. The van der Waals surface area contributed by atoms with Crippen molar-refractivity contribution in [2.24, 2.45) is 11.1 Å². The van der Waals surface area contributed by atoms with Crippen molar-refractivity contribution in [1.82, 2.24) is 9.80 Å². The van der Waals surface area contributed by atoms with Gasteiger partial charge < -0.3 is 10.6 Å². The molecule has 1 aliphatic heterocycles. The minimum atomic E-state index is -0.327. The van der Waals surface area contributed by atoms with Gasteiger partial charge in [-0.25, -0.2) is 0 Å². The summed E-state index contributed by atoms with van der Waals surface area (Å²) in [5.74, 6) is 0.272. The molecule has 0 aromatic rings. The van der Waals surface area contributed by atoms with E-state index < -0.39 is 0 Å². The molecule has 2 aliphatic rings. The van der Waals surface area contributed by atoms with Gasteiger partial charge in [0.05, 0.1) is 5.41 Å². The number of hydrogen-bond donors (Lipinski definition) is 1. The first-order valence-electron chi connectivity index (χ1n) is 7.03. The van der Waals surface area contributed by atoms with E-state index in [0.717, 1.165) is 38.9 Å². The second-order valence-electron chi connectivity index (χ2n) is 6.88. The molecule has 4 nitrogen and oxygen atoms in total. The Hall–Kier alpha value is -0.610. The second kappa shape index (κ2) is 4.49. The summed E-state index contributed by atoms with van der Waals surface area (Å²) in [6.45, 7) is 9.04. The Bertz CT molecular complexity index is 342. The predicted octanol–water partition coefficient (Wildman–Crippen LogP) is 1.06. The van der Waals surface area contributed by atoms with E-state index in [9.17, 15) is 4.79 Å². The third-order valence-corrected chi connectivity index (χ3v) is 5.12. The maximum atomic E-state index is 12.8. The fourth-order valence-corrected chi connectivity index (χ4v) is 3.23. The number of likely N-dealkylation sites (N-methyl/N-ethyl adjacent to an activating group) is 1. The third-order valence-electron chi connectivity index (χ3n) is 5.12. The van der Waals surface area contributed by atoms with Gasteiger partial charge in [0.25, 0.3) is 0 Å². The summed E-state index contributed by atoms with van der Waals surface area (Å²) in [5.41, 5.74) is 5.89. The first-order valence-corrected chi connectivity index (χ1v) is 7.03. The number of nitrogens with zero attached hydrogens (tertiary/aromatic N) is 2. The molecule has 0 radical (unpaired) electrons. The van der Waals surface area contributed by atoms with Crippen LogP contribution in [-0.2, 0) is 4.79 Å². The normalized spacial score (nSPS) is 36.9. The maximum Gasteiger partial charge on any atom is 0.230 e. The molecule has 0 bridgehead atoms. The van der Waals surface area contributed by atoms with Crippen LogP contribution in [0.4, 0.5) is 0 Å². The summed E-state index contributed by atoms with van der Waals surface area (Å²) >= 11 is 0. The largest absolute Gasteiger partial charge is 0.339 e. The van der Waals surface area contributed by atoms with Gasteiger partial charge in [0.2, 0.25) is 5.91 Å². The highest BCUT2D eigenvalue weighted by atomic mass is 16.2. The molecule has 2 rings (SSSR count). The Labute approximate surface area is 110 Å². The molecule has 0 spiro atoms. The van der Waals surface area contributed by atoms with Crippen molar-refractivity contribution in [3.05, 3.63) is 0 Å². The van der Waals surface area contributed by atoms with Crippen LogP contribution < -0.4 is 5.73 Å². The zero-order chi connectivity index (χ0) is 13.6. The van der Waals surface area contributed by atoms with Crippen molar-refractivity contribution in [2.75, 3.05) is 26.7 Å². The van der Waals surface area contributed by atoms with Gasteiger partial charge in [0.15, 0.2) is 0 Å². The maximum absolute atomic E-state index is 12.8. The smallest absolute Gasteiger partial charge is 0.230 e. The minimum Gasteiger partial charge on any atom is -0.339 e. The van der Waals surface area contributed by atoms with Crippen molar-refractivity contribution in [3.63, 3.8) is 0 Å². The number of hydrogen-bond acceptors (Lipinski definition) is 3. The van der Waals surface area contributed by atoms with Crippen molar-refractivity contribution in [1.29, 1.82) is 0 Å². The number of amides is 1. The minimum absolute atomic E-state index is 0.0350. The molecule has 1 saturated carbocycles. The lowest BCUT2D eigenvalue weighted by Crippen LogP contribution is -2.62. The van der Waals surface area contributed by atoms with Gasteiger partial charge in [0, 0.05) is 31.2 Å². The van der Waals surface area contributed by atoms with Gasteiger partial charge in [-0.2, -0.15) is 0 Å². The molecule has 2 fully saturated rings. The molecule has 2 unspecified atom stereocenters. The first-order chi connectivity index (χ1) is 8.27. The van der Waals surface area contributed by atoms with Gasteiger partial charge in [-0.05, 0) is 40.7 Å². The molecular formula is C14H27N3O. The second-order valence-corrected chi connectivity index (χ2v) is 6.88. The average Bonchev–Trinajstić information content (AvgIpc) is 2.63. The summed E-state index contributed by atoms with van der Waals surface area (Å²) < 4.78 is 0. The molecule has 1 amide bonds. The lowest BCUT2D eigenvalue weighted by atomic mass is 9.82. The summed E-state index contributed by atoms with van der Waals surface area (Å²) in [5, 5.41) is 0. The predicted molar refractivity (Wildman–Crippen MR) is 73.2 cm³/mol. The SMILES string of the molecule is CN1CCN(C(=O)C2(C)CCCC2N)CC1(C)C. The molecule has 2 atom stereocenters. The Morgan fingerprint density at radius 1 is 1.28 bits per heavy atom. The quantitative estimate of drug-likeness (QED) is 0.760. The van der Waals surface area contributed by atoms with E-state index in [2.05, 4.69) is 32.7 Å². The van der Waals surface area contributed by atoms with E-state index in [-0.39, 0.29) is 22.9 Å². The van der Waals surface area contributed by atoms with E-state index >= 15 is 0 Å². The fourth-order valence-electron chi connectivity index (χ4n) is 3.23. The molecule has 4 heteroatoms. The molecule has 0 aromatic heterocycles. The van der Waals surface area contributed by atoms with E-state index in [0.29, 0.717) is 0 Å². The third kappa shape index (κ3) is 2.16. The molecule has 18 heavy (non-hydrogen) atoms. The molecule has 2 N–H and O–H groups in total. The lowest BCUT2D eigenvalue weighted by Gasteiger charge is -2.47. The molecule has 1 saturated heterocycles. The number of rotatable bonds is 1. The molecule has 1 heterocycles. The molecule has 1 aliphatic carbocycles. The Kier molecular flexibility index (Phi) is 3.45. The summed E-state index contributed by atoms with van der Waals surface area (Å²) in [6, 6.07) is 0.0350. The van der Waals surface area contributed by atoms with Crippen molar-refractivity contribution in [2.45, 2.75) is 51.6 Å². The van der Waals surface area contributed by atoms with Crippen LogP contribution in [-0.4, -0.2) is 54.0 Å². The molecule has 0 aromatic carbocycles. The number of nitrogens with two attached hydrogens (primary N) is 1. The number of carbonyl (C=O) groups excluding carboxylic acids is 1. The highest BCUT2D eigenvalue weighted by Gasteiger charge is 2.46. The highest BCUT2D eigenvalue weighted by molar-refractivity contribution is 5.83. The molecular weight excluding hydrogens is 226 g/mol. The van der Waals surface area contributed by atoms with Crippen LogP contribution in [0.5, 0.6) is 0 Å². The summed E-state index contributed by atoms with van der Waals surface area (Å²) in [4.78, 5) is 17.1. The van der Waals surface area contributed by atoms with E-state index in [4.69, 9.17) is 5.73 Å². The van der Waals surface area contributed by atoms with Crippen LogP contribution in [0, 0.1) is 5.41 Å². The van der Waals surface area contributed by atoms with Crippen LogP contribution in [0.2, 0.25) is 0 Å². The first kappa shape index (κ1) is 13.8. The van der Waals surface area contributed by atoms with Crippen LogP contribution in [0.25, 0.3) is 0 Å². The summed E-state index contributed by atoms with van der Waals surface area (Å²) in [6.07, 6.45) is 3.01. The van der Waals surface area contributed by atoms with Crippen molar-refractivity contribution in [3.8, 4) is 0 Å². The monoisotopic (exact) mass is 253 g/mol. The Morgan fingerprint density at radius 3 is 2.44 bits per heavy atom. The van der Waals surface area contributed by atoms with E-state index in [1.165, 1.54) is 0 Å². The number of carbonyl (C=O) groups is 1. The average molecular weight is 253 g/mol. The zero-order valence-electron chi connectivity index (χ0n) is 12.2. The lowest BCUT2D eigenvalue weighted by molar-refractivity contribution is -0.146. The fraction of sp³-hybridized carbons (Fsp3) is 0.929. The Balaban J connectivity index is 2.11.